The van der Waals surface area contributed by atoms with Crippen LogP contribution >= 0.6 is 0 Å². The molecule has 0 aliphatic carbocycles. The molecule has 1 aliphatic rings. The zero-order valence-corrected chi connectivity index (χ0v) is 15.0. The number of benzene rings is 2. The van der Waals surface area contributed by atoms with Gasteiger partial charge in [-0.05, 0) is 36.3 Å². The highest BCUT2D eigenvalue weighted by atomic mass is 16.7. The Morgan fingerprint density at radius 3 is 2.70 bits per heavy atom. The fourth-order valence-electron chi connectivity index (χ4n) is 2.69. The summed E-state index contributed by atoms with van der Waals surface area (Å²) in [6.07, 6.45) is 3.40. The predicted octanol–water partition coefficient (Wildman–Crippen LogP) is 2.72. The van der Waals surface area contributed by atoms with Crippen molar-refractivity contribution in [2.24, 2.45) is 0 Å². The Morgan fingerprint density at radius 2 is 1.93 bits per heavy atom. The lowest BCUT2D eigenvalue weighted by molar-refractivity contribution is -0.146. The van der Waals surface area contributed by atoms with E-state index in [9.17, 15) is 9.59 Å². The number of carbonyl (C=O) groups is 2. The first kappa shape index (κ1) is 18.5. The molecular weight excluding hydrogens is 346 g/mol. The van der Waals surface area contributed by atoms with Crippen LogP contribution in [0, 0.1) is 0 Å². The van der Waals surface area contributed by atoms with Crippen LogP contribution in [-0.4, -0.2) is 31.3 Å². The van der Waals surface area contributed by atoms with Gasteiger partial charge in [0.25, 0.3) is 0 Å². The lowest BCUT2D eigenvalue weighted by atomic mass is 10.1. The van der Waals surface area contributed by atoms with Crippen LogP contribution in [0.15, 0.2) is 54.6 Å². The maximum atomic E-state index is 12.3. The monoisotopic (exact) mass is 367 g/mol. The third-order valence-corrected chi connectivity index (χ3v) is 3.99. The van der Waals surface area contributed by atoms with E-state index in [-0.39, 0.29) is 19.3 Å². The summed E-state index contributed by atoms with van der Waals surface area (Å²) in [5.41, 5.74) is 1.74. The third kappa shape index (κ3) is 5.10. The van der Waals surface area contributed by atoms with Crippen molar-refractivity contribution >= 4 is 18.0 Å². The molecule has 0 unspecified atom stereocenters. The SMILES string of the molecule is CCOC(=O)[C@H](Cc1ccccc1)NC(=O)/C=C/c1ccc2c(c1)OCO2. The van der Waals surface area contributed by atoms with E-state index in [1.165, 1.54) is 6.08 Å². The van der Waals surface area contributed by atoms with Gasteiger partial charge in [0.15, 0.2) is 11.5 Å². The molecule has 0 bridgehead atoms. The number of ether oxygens (including phenoxy) is 3. The summed E-state index contributed by atoms with van der Waals surface area (Å²) in [7, 11) is 0. The Morgan fingerprint density at radius 1 is 1.15 bits per heavy atom. The highest BCUT2D eigenvalue weighted by molar-refractivity contribution is 5.94. The minimum Gasteiger partial charge on any atom is -0.464 e. The molecule has 0 fully saturated rings. The topological polar surface area (TPSA) is 73.9 Å². The molecule has 1 heterocycles. The van der Waals surface area contributed by atoms with Gasteiger partial charge in [-0.2, -0.15) is 0 Å². The minimum absolute atomic E-state index is 0.198. The normalized spacial score (nSPS) is 13.4. The van der Waals surface area contributed by atoms with Gasteiger partial charge in [0.05, 0.1) is 6.61 Å². The zero-order chi connectivity index (χ0) is 19.1. The van der Waals surface area contributed by atoms with Gasteiger partial charge in [0.1, 0.15) is 6.04 Å². The molecule has 27 heavy (non-hydrogen) atoms. The van der Waals surface area contributed by atoms with Crippen LogP contribution in [0.1, 0.15) is 18.1 Å². The van der Waals surface area contributed by atoms with Crippen LogP contribution in [0.2, 0.25) is 0 Å². The predicted molar refractivity (Wildman–Crippen MR) is 100 cm³/mol. The molecule has 6 heteroatoms. The molecule has 140 valence electrons. The van der Waals surface area contributed by atoms with Crippen molar-refractivity contribution in [1.82, 2.24) is 5.32 Å². The second kappa shape index (κ2) is 8.89. The van der Waals surface area contributed by atoms with Crippen molar-refractivity contribution in [3.63, 3.8) is 0 Å². The summed E-state index contributed by atoms with van der Waals surface area (Å²) in [6, 6.07) is 14.1. The van der Waals surface area contributed by atoms with Gasteiger partial charge in [-0.25, -0.2) is 4.79 Å². The van der Waals surface area contributed by atoms with Crippen LogP contribution < -0.4 is 14.8 Å². The summed E-state index contributed by atoms with van der Waals surface area (Å²) in [5, 5.41) is 2.72. The van der Waals surface area contributed by atoms with Crippen LogP contribution in [-0.2, 0) is 20.7 Å². The standard InChI is InChI=1S/C21H21NO5/c1-2-25-21(24)17(12-15-6-4-3-5-7-15)22-20(23)11-9-16-8-10-18-19(13-16)27-14-26-18/h3-11,13,17H,2,12,14H2,1H3,(H,22,23)/b11-9+/t17-/m0/s1. The molecular formula is C21H21NO5. The third-order valence-electron chi connectivity index (χ3n) is 3.99. The lowest BCUT2D eigenvalue weighted by Crippen LogP contribution is -2.42. The Bertz CT molecular complexity index is 832. The van der Waals surface area contributed by atoms with Gasteiger partial charge >= 0.3 is 5.97 Å². The van der Waals surface area contributed by atoms with Gasteiger partial charge in [0.2, 0.25) is 12.7 Å². The Balaban J connectivity index is 1.65. The number of nitrogens with one attached hydrogen (secondary N) is 1. The average Bonchev–Trinajstić information content (AvgIpc) is 3.15. The van der Waals surface area contributed by atoms with E-state index in [2.05, 4.69) is 5.32 Å². The molecule has 1 N–H and O–H groups in total. The molecule has 0 radical (unpaired) electrons. The highest BCUT2D eigenvalue weighted by Crippen LogP contribution is 2.32. The second-order valence-electron chi connectivity index (χ2n) is 5.95. The van der Waals surface area contributed by atoms with E-state index in [1.54, 1.807) is 25.1 Å². The summed E-state index contributed by atoms with van der Waals surface area (Å²) >= 11 is 0. The smallest absolute Gasteiger partial charge is 0.328 e. The van der Waals surface area contributed by atoms with E-state index >= 15 is 0 Å². The van der Waals surface area contributed by atoms with Crippen LogP contribution in [0.3, 0.4) is 0 Å². The molecule has 1 aliphatic heterocycles. The molecule has 0 saturated heterocycles. The number of fused-ring (bicyclic) bond motifs is 1. The van der Waals surface area contributed by atoms with Crippen LogP contribution in [0.5, 0.6) is 11.5 Å². The second-order valence-corrected chi connectivity index (χ2v) is 5.95. The minimum atomic E-state index is -0.749. The van der Waals surface area contributed by atoms with E-state index in [4.69, 9.17) is 14.2 Å². The van der Waals surface area contributed by atoms with E-state index in [0.717, 1.165) is 11.1 Å². The molecule has 0 aromatic heterocycles. The Hall–Kier alpha value is -3.28. The van der Waals surface area contributed by atoms with Crippen molar-refractivity contribution in [3.05, 3.63) is 65.7 Å². The molecule has 6 nitrogen and oxygen atoms in total. The summed E-state index contributed by atoms with van der Waals surface area (Å²) in [5.74, 6) is 0.501. The zero-order valence-electron chi connectivity index (χ0n) is 15.0. The van der Waals surface area contributed by atoms with Crippen molar-refractivity contribution in [1.29, 1.82) is 0 Å². The molecule has 2 aromatic carbocycles. The van der Waals surface area contributed by atoms with E-state index in [0.29, 0.717) is 17.9 Å². The summed E-state index contributed by atoms with van der Waals surface area (Å²) in [4.78, 5) is 24.5. The summed E-state index contributed by atoms with van der Waals surface area (Å²) in [6.45, 7) is 2.19. The van der Waals surface area contributed by atoms with Crippen molar-refractivity contribution < 1.29 is 23.8 Å². The first-order valence-corrected chi connectivity index (χ1v) is 8.74. The average molecular weight is 367 g/mol. The van der Waals surface area contributed by atoms with Gasteiger partial charge < -0.3 is 19.5 Å². The van der Waals surface area contributed by atoms with Crippen molar-refractivity contribution in [3.8, 4) is 11.5 Å². The largest absolute Gasteiger partial charge is 0.464 e. The number of hydrogen-bond donors (Lipinski definition) is 1. The lowest BCUT2D eigenvalue weighted by Gasteiger charge is -2.16. The number of amides is 1. The molecule has 0 saturated carbocycles. The number of hydrogen-bond acceptors (Lipinski definition) is 5. The Kier molecular flexibility index (Phi) is 6.10. The maximum Gasteiger partial charge on any atom is 0.328 e. The molecule has 1 atom stereocenters. The molecule has 3 rings (SSSR count). The quantitative estimate of drug-likeness (QED) is 0.602. The number of esters is 1. The van der Waals surface area contributed by atoms with E-state index < -0.39 is 12.0 Å². The number of carbonyl (C=O) groups excluding carboxylic acids is 2. The summed E-state index contributed by atoms with van der Waals surface area (Å²) < 4.78 is 15.7. The number of rotatable bonds is 7. The molecule has 2 aromatic rings. The first-order chi connectivity index (χ1) is 13.2. The van der Waals surface area contributed by atoms with Gasteiger partial charge in [-0.15, -0.1) is 0 Å². The fourth-order valence-corrected chi connectivity index (χ4v) is 2.69. The van der Waals surface area contributed by atoms with Gasteiger partial charge in [0, 0.05) is 12.5 Å². The van der Waals surface area contributed by atoms with Crippen LogP contribution in [0.25, 0.3) is 6.08 Å². The van der Waals surface area contributed by atoms with Crippen molar-refractivity contribution in [2.45, 2.75) is 19.4 Å². The Labute approximate surface area is 157 Å². The van der Waals surface area contributed by atoms with Crippen molar-refractivity contribution in [2.75, 3.05) is 13.4 Å². The van der Waals surface area contributed by atoms with Gasteiger partial charge in [-0.3, -0.25) is 4.79 Å². The molecule has 0 spiro atoms. The molecule has 1 amide bonds. The maximum absolute atomic E-state index is 12.3. The van der Waals surface area contributed by atoms with E-state index in [1.807, 2.05) is 36.4 Å². The first-order valence-electron chi connectivity index (χ1n) is 8.74. The fraction of sp³-hybridized carbons (Fsp3) is 0.238. The van der Waals surface area contributed by atoms with Gasteiger partial charge in [-0.1, -0.05) is 36.4 Å². The highest BCUT2D eigenvalue weighted by Gasteiger charge is 2.21. The van der Waals surface area contributed by atoms with Crippen LogP contribution in [0.4, 0.5) is 0 Å².